The van der Waals surface area contributed by atoms with Crippen LogP contribution in [-0.2, 0) is 12.1 Å². The lowest BCUT2D eigenvalue weighted by Gasteiger charge is -2.28. The van der Waals surface area contributed by atoms with Crippen molar-refractivity contribution < 1.29 is 5.11 Å². The predicted octanol–water partition coefficient (Wildman–Crippen LogP) is 2.01. The zero-order valence-corrected chi connectivity index (χ0v) is 9.12. The van der Waals surface area contributed by atoms with Crippen LogP contribution in [-0.4, -0.2) is 5.11 Å². The molecule has 1 unspecified atom stereocenters. The van der Waals surface area contributed by atoms with E-state index < -0.39 is 5.60 Å². The molecule has 0 saturated heterocycles. The van der Waals surface area contributed by atoms with Crippen molar-refractivity contribution in [1.29, 1.82) is 0 Å². The summed E-state index contributed by atoms with van der Waals surface area (Å²) in [4.78, 5) is 0. The molecule has 0 aliphatic carbocycles. The molecule has 0 bridgehead atoms. The van der Waals surface area contributed by atoms with Crippen molar-refractivity contribution in [2.75, 3.05) is 0 Å². The van der Waals surface area contributed by atoms with E-state index in [2.05, 4.69) is 0 Å². The molecule has 1 rings (SSSR count). The molecule has 0 aliphatic rings. The molecule has 3 N–H and O–H groups in total. The summed E-state index contributed by atoms with van der Waals surface area (Å²) in [5.74, 6) is 0.190. The molecule has 0 fully saturated rings. The van der Waals surface area contributed by atoms with Crippen molar-refractivity contribution in [2.24, 2.45) is 11.7 Å². The summed E-state index contributed by atoms with van der Waals surface area (Å²) in [5, 5.41) is 10.2. The number of hydrogen-bond donors (Lipinski definition) is 2. The van der Waals surface area contributed by atoms with Crippen molar-refractivity contribution in [3.05, 3.63) is 35.4 Å². The van der Waals surface area contributed by atoms with Crippen LogP contribution in [0.15, 0.2) is 24.3 Å². The Morgan fingerprint density at radius 2 is 2.07 bits per heavy atom. The normalized spacial score (nSPS) is 15.6. The highest BCUT2D eigenvalue weighted by molar-refractivity contribution is 5.28. The maximum absolute atomic E-state index is 10.2. The number of aliphatic hydroxyl groups is 1. The van der Waals surface area contributed by atoms with Crippen molar-refractivity contribution in [2.45, 2.75) is 32.9 Å². The van der Waals surface area contributed by atoms with Crippen molar-refractivity contribution in [1.82, 2.24) is 0 Å². The van der Waals surface area contributed by atoms with E-state index in [1.54, 1.807) is 0 Å². The average molecular weight is 193 g/mol. The third-order valence-electron chi connectivity index (χ3n) is 2.87. The molecule has 1 aromatic rings. The highest BCUT2D eigenvalue weighted by atomic mass is 16.3. The summed E-state index contributed by atoms with van der Waals surface area (Å²) in [6.07, 6.45) is 0. The fraction of sp³-hybridized carbons (Fsp3) is 0.500. The molecule has 0 radical (unpaired) electrons. The first-order valence-corrected chi connectivity index (χ1v) is 5.00. The molecule has 0 spiro atoms. The van der Waals surface area contributed by atoms with Gasteiger partial charge in [0.25, 0.3) is 0 Å². The van der Waals surface area contributed by atoms with Gasteiger partial charge in [0.1, 0.15) is 0 Å². The maximum Gasteiger partial charge on any atom is 0.0891 e. The Hall–Kier alpha value is -0.860. The van der Waals surface area contributed by atoms with Crippen LogP contribution in [0, 0.1) is 5.92 Å². The van der Waals surface area contributed by atoms with E-state index in [0.29, 0.717) is 6.54 Å². The largest absolute Gasteiger partial charge is 0.385 e. The van der Waals surface area contributed by atoms with Crippen LogP contribution in [0.1, 0.15) is 31.9 Å². The Balaban J connectivity index is 3.06. The minimum Gasteiger partial charge on any atom is -0.385 e. The third-order valence-corrected chi connectivity index (χ3v) is 2.87. The first kappa shape index (κ1) is 11.2. The van der Waals surface area contributed by atoms with Gasteiger partial charge in [-0.05, 0) is 24.0 Å². The molecule has 0 heterocycles. The molecule has 0 saturated carbocycles. The number of nitrogens with two attached hydrogens (primary N) is 1. The van der Waals surface area contributed by atoms with E-state index in [-0.39, 0.29) is 5.92 Å². The van der Waals surface area contributed by atoms with E-state index in [9.17, 15) is 5.11 Å². The van der Waals surface area contributed by atoms with E-state index in [4.69, 9.17) is 5.73 Å². The Kier molecular flexibility index (Phi) is 3.29. The second-order valence-electron chi connectivity index (χ2n) is 4.21. The van der Waals surface area contributed by atoms with E-state index in [1.165, 1.54) is 0 Å². The zero-order valence-electron chi connectivity index (χ0n) is 9.12. The van der Waals surface area contributed by atoms with Gasteiger partial charge >= 0.3 is 0 Å². The molecule has 2 nitrogen and oxygen atoms in total. The van der Waals surface area contributed by atoms with E-state index in [0.717, 1.165) is 11.1 Å². The molecule has 0 aliphatic heterocycles. The summed E-state index contributed by atoms with van der Waals surface area (Å²) in [6, 6.07) is 7.83. The van der Waals surface area contributed by atoms with Gasteiger partial charge in [0.15, 0.2) is 0 Å². The molecule has 1 atom stereocenters. The second-order valence-corrected chi connectivity index (χ2v) is 4.21. The lowest BCUT2D eigenvalue weighted by molar-refractivity contribution is 0.00899. The van der Waals surface area contributed by atoms with Crippen LogP contribution < -0.4 is 5.73 Å². The number of rotatable bonds is 3. The van der Waals surface area contributed by atoms with Crippen LogP contribution in [0.5, 0.6) is 0 Å². The van der Waals surface area contributed by atoms with Crippen molar-refractivity contribution >= 4 is 0 Å². The monoisotopic (exact) mass is 193 g/mol. The number of hydrogen-bond acceptors (Lipinski definition) is 2. The van der Waals surface area contributed by atoms with Gasteiger partial charge in [-0.3, -0.25) is 0 Å². The van der Waals surface area contributed by atoms with Gasteiger partial charge in [-0.15, -0.1) is 0 Å². The molecule has 2 heteroatoms. The predicted molar refractivity (Wildman–Crippen MR) is 58.7 cm³/mol. The molecule has 1 aromatic carbocycles. The Bertz CT molecular complexity index is 305. The van der Waals surface area contributed by atoms with Crippen molar-refractivity contribution in [3.8, 4) is 0 Å². The molecular weight excluding hydrogens is 174 g/mol. The van der Waals surface area contributed by atoms with Crippen molar-refractivity contribution in [3.63, 3.8) is 0 Å². The summed E-state index contributed by atoms with van der Waals surface area (Å²) in [6.45, 7) is 6.37. The molecular formula is C12H19NO. The van der Waals surface area contributed by atoms with Crippen LogP contribution >= 0.6 is 0 Å². The Morgan fingerprint density at radius 1 is 1.43 bits per heavy atom. The third kappa shape index (κ3) is 2.14. The fourth-order valence-electron chi connectivity index (χ4n) is 1.35. The quantitative estimate of drug-likeness (QED) is 0.771. The van der Waals surface area contributed by atoms with Crippen LogP contribution in [0.4, 0.5) is 0 Å². The Morgan fingerprint density at radius 3 is 2.57 bits per heavy atom. The summed E-state index contributed by atoms with van der Waals surface area (Å²) in [7, 11) is 0. The van der Waals surface area contributed by atoms with Gasteiger partial charge in [0.05, 0.1) is 5.60 Å². The molecule has 14 heavy (non-hydrogen) atoms. The summed E-state index contributed by atoms with van der Waals surface area (Å²) >= 11 is 0. The average Bonchev–Trinajstić information content (AvgIpc) is 2.17. The highest BCUT2D eigenvalue weighted by Gasteiger charge is 2.26. The maximum atomic E-state index is 10.2. The molecule has 78 valence electrons. The smallest absolute Gasteiger partial charge is 0.0891 e. The van der Waals surface area contributed by atoms with Gasteiger partial charge in [0, 0.05) is 6.54 Å². The highest BCUT2D eigenvalue weighted by Crippen LogP contribution is 2.29. The van der Waals surface area contributed by atoms with Gasteiger partial charge in [-0.1, -0.05) is 38.1 Å². The lowest BCUT2D eigenvalue weighted by Crippen LogP contribution is -2.28. The van der Waals surface area contributed by atoms with Gasteiger partial charge in [0.2, 0.25) is 0 Å². The first-order chi connectivity index (χ1) is 6.48. The SMILES string of the molecule is CC(C)C(C)(O)c1cccc(CN)c1. The van der Waals surface area contributed by atoms with Crippen LogP contribution in [0.25, 0.3) is 0 Å². The van der Waals surface area contributed by atoms with Gasteiger partial charge in [-0.25, -0.2) is 0 Å². The van der Waals surface area contributed by atoms with Crippen LogP contribution in [0.3, 0.4) is 0 Å². The second kappa shape index (κ2) is 4.11. The summed E-state index contributed by atoms with van der Waals surface area (Å²) < 4.78 is 0. The minimum absolute atomic E-state index is 0.190. The lowest BCUT2D eigenvalue weighted by atomic mass is 9.84. The van der Waals surface area contributed by atoms with E-state index in [1.807, 2.05) is 45.0 Å². The topological polar surface area (TPSA) is 46.2 Å². The fourth-order valence-corrected chi connectivity index (χ4v) is 1.35. The van der Waals surface area contributed by atoms with E-state index >= 15 is 0 Å². The summed E-state index contributed by atoms with van der Waals surface area (Å²) in [5.41, 5.74) is 6.78. The first-order valence-electron chi connectivity index (χ1n) is 5.00. The molecule has 0 amide bonds. The Labute approximate surface area is 85.8 Å². The zero-order chi connectivity index (χ0) is 10.8. The number of benzene rings is 1. The van der Waals surface area contributed by atoms with Gasteiger partial charge in [-0.2, -0.15) is 0 Å². The van der Waals surface area contributed by atoms with Gasteiger partial charge < -0.3 is 10.8 Å². The van der Waals surface area contributed by atoms with Crippen LogP contribution in [0.2, 0.25) is 0 Å². The molecule has 0 aromatic heterocycles. The minimum atomic E-state index is -0.773. The standard InChI is InChI=1S/C12H19NO/c1-9(2)12(3,14)11-6-4-5-10(7-11)8-13/h4-7,9,14H,8,13H2,1-3H3.